The average molecular weight is 289 g/mol. The fourth-order valence-corrected chi connectivity index (χ4v) is 4.56. The lowest BCUT2D eigenvalue weighted by Gasteiger charge is -2.39. The summed E-state index contributed by atoms with van der Waals surface area (Å²) in [5.74, 6) is 0. The Morgan fingerprint density at radius 2 is 2.16 bits per heavy atom. The first-order valence-electron chi connectivity index (χ1n) is 6.99. The Morgan fingerprint density at radius 3 is 2.68 bits per heavy atom. The lowest BCUT2D eigenvalue weighted by molar-refractivity contribution is 0.224. The Morgan fingerprint density at radius 1 is 1.47 bits per heavy atom. The molecule has 5 nitrogen and oxygen atoms in total. The van der Waals surface area contributed by atoms with Crippen molar-refractivity contribution < 1.29 is 8.42 Å². The van der Waals surface area contributed by atoms with E-state index in [1.807, 2.05) is 20.9 Å². The number of piperidine rings is 1. The standard InChI is InChI=1S/C13H27N3O2S/c1-5-9-15(12(2)3)19(17,18)16-10-7-6-8-13(16)11-14-4/h5,12-14H,1,6-11H2,2-4H3. The molecule has 0 amide bonds. The Labute approximate surface area is 117 Å². The van der Waals surface area contributed by atoms with Crippen LogP contribution in [-0.4, -0.2) is 55.8 Å². The normalized spacial score (nSPS) is 22.1. The highest BCUT2D eigenvalue weighted by atomic mass is 32.2. The van der Waals surface area contributed by atoms with Gasteiger partial charge in [0.2, 0.25) is 0 Å². The monoisotopic (exact) mass is 289 g/mol. The topological polar surface area (TPSA) is 52.7 Å². The van der Waals surface area contributed by atoms with Crippen LogP contribution in [0.1, 0.15) is 33.1 Å². The highest BCUT2D eigenvalue weighted by molar-refractivity contribution is 7.86. The fraction of sp³-hybridized carbons (Fsp3) is 0.846. The molecule has 1 aliphatic heterocycles. The minimum absolute atomic E-state index is 0.0554. The van der Waals surface area contributed by atoms with Crippen molar-refractivity contribution >= 4 is 10.2 Å². The minimum Gasteiger partial charge on any atom is -0.318 e. The maximum atomic E-state index is 12.8. The van der Waals surface area contributed by atoms with Gasteiger partial charge in [-0.15, -0.1) is 6.58 Å². The van der Waals surface area contributed by atoms with Crippen LogP contribution in [0, 0.1) is 0 Å². The molecule has 1 aliphatic rings. The van der Waals surface area contributed by atoms with Gasteiger partial charge < -0.3 is 5.32 Å². The second kappa shape index (κ2) is 7.38. The van der Waals surface area contributed by atoms with Crippen LogP contribution in [0.3, 0.4) is 0 Å². The van der Waals surface area contributed by atoms with Gasteiger partial charge in [0.1, 0.15) is 0 Å². The first-order chi connectivity index (χ1) is 8.95. The molecule has 0 spiro atoms. The van der Waals surface area contributed by atoms with Crippen molar-refractivity contribution in [2.24, 2.45) is 0 Å². The van der Waals surface area contributed by atoms with Crippen LogP contribution in [0.2, 0.25) is 0 Å². The summed E-state index contributed by atoms with van der Waals surface area (Å²) in [5.41, 5.74) is 0. The van der Waals surface area contributed by atoms with Crippen LogP contribution >= 0.6 is 0 Å². The predicted molar refractivity (Wildman–Crippen MR) is 79.2 cm³/mol. The predicted octanol–water partition coefficient (Wildman–Crippen LogP) is 1.20. The second-order valence-electron chi connectivity index (χ2n) is 5.28. The van der Waals surface area contributed by atoms with Gasteiger partial charge >= 0.3 is 0 Å². The van der Waals surface area contributed by atoms with E-state index in [-0.39, 0.29) is 12.1 Å². The molecule has 112 valence electrons. The van der Waals surface area contributed by atoms with Gasteiger partial charge in [-0.1, -0.05) is 12.5 Å². The molecule has 0 aromatic carbocycles. The molecule has 0 aromatic rings. The largest absolute Gasteiger partial charge is 0.318 e. The fourth-order valence-electron chi connectivity index (χ4n) is 2.55. The number of nitrogens with zero attached hydrogens (tertiary/aromatic N) is 2. The summed E-state index contributed by atoms with van der Waals surface area (Å²) in [4.78, 5) is 0. The van der Waals surface area contributed by atoms with Gasteiger partial charge in [-0.25, -0.2) is 0 Å². The summed E-state index contributed by atoms with van der Waals surface area (Å²) in [6.45, 7) is 9.15. The van der Waals surface area contributed by atoms with Gasteiger partial charge in [-0.2, -0.15) is 17.0 Å². The van der Waals surface area contributed by atoms with E-state index in [9.17, 15) is 8.42 Å². The Kier molecular flexibility index (Phi) is 6.46. The molecule has 0 saturated carbocycles. The molecule has 1 fully saturated rings. The number of rotatable bonds is 7. The van der Waals surface area contributed by atoms with Gasteiger partial charge in [0, 0.05) is 31.7 Å². The number of nitrogens with one attached hydrogen (secondary N) is 1. The van der Waals surface area contributed by atoms with Crippen molar-refractivity contribution in [3.63, 3.8) is 0 Å². The van der Waals surface area contributed by atoms with Crippen LogP contribution in [0.25, 0.3) is 0 Å². The number of hydrogen-bond donors (Lipinski definition) is 1. The zero-order valence-electron chi connectivity index (χ0n) is 12.3. The third kappa shape index (κ3) is 4.02. The molecule has 0 bridgehead atoms. The van der Waals surface area contributed by atoms with Crippen LogP contribution in [0.4, 0.5) is 0 Å². The second-order valence-corrected chi connectivity index (χ2v) is 7.11. The van der Waals surface area contributed by atoms with Crippen molar-refractivity contribution in [3.8, 4) is 0 Å². The van der Waals surface area contributed by atoms with E-state index in [1.54, 1.807) is 10.4 Å². The average Bonchev–Trinajstić information content (AvgIpc) is 2.36. The van der Waals surface area contributed by atoms with Crippen LogP contribution < -0.4 is 5.32 Å². The zero-order valence-corrected chi connectivity index (χ0v) is 13.1. The Hall–Kier alpha value is -0.430. The number of likely N-dealkylation sites (N-methyl/N-ethyl adjacent to an activating group) is 1. The van der Waals surface area contributed by atoms with Gasteiger partial charge in [-0.3, -0.25) is 0 Å². The molecule has 0 aliphatic carbocycles. The van der Waals surface area contributed by atoms with Crippen LogP contribution in [-0.2, 0) is 10.2 Å². The summed E-state index contributed by atoms with van der Waals surface area (Å²) in [5, 5.41) is 3.09. The summed E-state index contributed by atoms with van der Waals surface area (Å²) in [7, 11) is -1.54. The molecule has 1 atom stereocenters. The molecule has 6 heteroatoms. The van der Waals surface area contributed by atoms with Gasteiger partial charge in [0.05, 0.1) is 0 Å². The van der Waals surface area contributed by atoms with Crippen molar-refractivity contribution in [1.82, 2.24) is 13.9 Å². The number of hydrogen-bond acceptors (Lipinski definition) is 3. The van der Waals surface area contributed by atoms with Crippen molar-refractivity contribution in [2.45, 2.75) is 45.2 Å². The summed E-state index contributed by atoms with van der Waals surface area (Å²) >= 11 is 0. The zero-order chi connectivity index (χ0) is 14.5. The third-order valence-corrected chi connectivity index (χ3v) is 5.73. The molecule has 0 radical (unpaired) electrons. The first kappa shape index (κ1) is 16.6. The van der Waals surface area contributed by atoms with Crippen molar-refractivity contribution in [1.29, 1.82) is 0 Å². The quantitative estimate of drug-likeness (QED) is 0.717. The van der Waals surface area contributed by atoms with E-state index < -0.39 is 10.2 Å². The van der Waals surface area contributed by atoms with E-state index in [4.69, 9.17) is 0 Å². The maximum absolute atomic E-state index is 12.8. The van der Waals surface area contributed by atoms with Gasteiger partial charge in [0.25, 0.3) is 10.2 Å². The lowest BCUT2D eigenvalue weighted by atomic mass is 10.1. The van der Waals surface area contributed by atoms with E-state index >= 15 is 0 Å². The smallest absolute Gasteiger partial charge is 0.282 e. The van der Waals surface area contributed by atoms with Gasteiger partial charge in [0.15, 0.2) is 0 Å². The molecule has 1 saturated heterocycles. The molecule has 19 heavy (non-hydrogen) atoms. The van der Waals surface area contributed by atoms with Crippen LogP contribution in [0.15, 0.2) is 12.7 Å². The molecule has 1 heterocycles. The summed E-state index contributed by atoms with van der Waals surface area (Å²) in [6.07, 6.45) is 4.62. The summed E-state index contributed by atoms with van der Waals surface area (Å²) in [6, 6.07) is 0.00924. The summed E-state index contributed by atoms with van der Waals surface area (Å²) < 4.78 is 28.7. The Balaban J connectivity index is 2.96. The molecule has 1 N–H and O–H groups in total. The van der Waals surface area contributed by atoms with E-state index in [1.165, 1.54) is 4.31 Å². The Bertz CT molecular complexity index is 379. The molecule has 0 aromatic heterocycles. The van der Waals surface area contributed by atoms with Crippen molar-refractivity contribution in [2.75, 3.05) is 26.7 Å². The highest BCUT2D eigenvalue weighted by Crippen LogP contribution is 2.23. The highest BCUT2D eigenvalue weighted by Gasteiger charge is 2.36. The van der Waals surface area contributed by atoms with Gasteiger partial charge in [-0.05, 0) is 33.7 Å². The van der Waals surface area contributed by atoms with E-state index in [0.717, 1.165) is 19.3 Å². The lowest BCUT2D eigenvalue weighted by Crippen LogP contribution is -2.54. The molecule has 1 unspecified atom stereocenters. The van der Waals surface area contributed by atoms with E-state index in [0.29, 0.717) is 19.6 Å². The van der Waals surface area contributed by atoms with Crippen LogP contribution in [0.5, 0.6) is 0 Å². The van der Waals surface area contributed by atoms with Crippen molar-refractivity contribution in [3.05, 3.63) is 12.7 Å². The molecular formula is C13H27N3O2S. The SMILES string of the molecule is C=CCN(C(C)C)S(=O)(=O)N1CCCCC1CNC. The molecule has 1 rings (SSSR count). The molecular weight excluding hydrogens is 262 g/mol. The third-order valence-electron chi connectivity index (χ3n) is 3.49. The minimum atomic E-state index is -3.40. The maximum Gasteiger partial charge on any atom is 0.282 e. The van der Waals surface area contributed by atoms with E-state index in [2.05, 4.69) is 11.9 Å². The first-order valence-corrected chi connectivity index (χ1v) is 8.39.